The van der Waals surface area contributed by atoms with Gasteiger partial charge in [-0.2, -0.15) is 0 Å². The minimum absolute atomic E-state index is 0.0777. The van der Waals surface area contributed by atoms with E-state index in [1.807, 2.05) is 0 Å². The van der Waals surface area contributed by atoms with Gasteiger partial charge in [0.15, 0.2) is 0 Å². The highest BCUT2D eigenvalue weighted by atomic mass is 16.5. The summed E-state index contributed by atoms with van der Waals surface area (Å²) in [7, 11) is 1.77. The lowest BCUT2D eigenvalue weighted by Crippen LogP contribution is -2.46. The average Bonchev–Trinajstić information content (AvgIpc) is 2.27. The number of hydrogen-bond donors (Lipinski definition) is 1. The summed E-state index contributed by atoms with van der Waals surface area (Å²) in [4.78, 5) is 0. The summed E-state index contributed by atoms with van der Waals surface area (Å²) in [6, 6.07) is 0.579. The van der Waals surface area contributed by atoms with Crippen molar-refractivity contribution in [1.82, 2.24) is 5.32 Å². The Labute approximate surface area is 99.9 Å². The molecule has 16 heavy (non-hydrogen) atoms. The number of methoxy groups -OCH3 is 1. The second-order valence-corrected chi connectivity index (χ2v) is 5.72. The van der Waals surface area contributed by atoms with Gasteiger partial charge in [-0.05, 0) is 32.6 Å². The topological polar surface area (TPSA) is 30.5 Å². The number of ether oxygens (including phenoxy) is 2. The average molecular weight is 229 g/mol. The molecule has 0 aromatic heterocycles. The summed E-state index contributed by atoms with van der Waals surface area (Å²) in [5.41, 5.74) is -0.0777. The quantitative estimate of drug-likeness (QED) is 0.784. The van der Waals surface area contributed by atoms with E-state index >= 15 is 0 Å². The van der Waals surface area contributed by atoms with Crippen molar-refractivity contribution in [1.29, 1.82) is 0 Å². The van der Waals surface area contributed by atoms with Crippen LogP contribution in [-0.4, -0.2) is 38.0 Å². The Morgan fingerprint density at radius 1 is 1.44 bits per heavy atom. The summed E-state index contributed by atoms with van der Waals surface area (Å²) in [6.45, 7) is 10.5. The summed E-state index contributed by atoms with van der Waals surface area (Å²) in [5, 5.41) is 3.59. The third kappa shape index (κ3) is 4.40. The monoisotopic (exact) mass is 229 g/mol. The molecule has 1 rings (SSSR count). The van der Waals surface area contributed by atoms with E-state index in [1.54, 1.807) is 7.11 Å². The van der Waals surface area contributed by atoms with Gasteiger partial charge in [-0.3, -0.25) is 0 Å². The summed E-state index contributed by atoms with van der Waals surface area (Å²) in [5.74, 6) is 0.611. The normalized spacial score (nSPS) is 27.4. The van der Waals surface area contributed by atoms with E-state index in [0.717, 1.165) is 26.0 Å². The summed E-state index contributed by atoms with van der Waals surface area (Å²) in [6.07, 6.45) is 2.65. The molecular weight excluding hydrogens is 202 g/mol. The standard InChI is InChI=1S/C13H27NO2/c1-10(2)12-8-11(6-7-16-12)14-9-13(3,4)15-5/h10-12,14H,6-9H2,1-5H3. The van der Waals surface area contributed by atoms with Crippen LogP contribution in [0.4, 0.5) is 0 Å². The third-order valence-electron chi connectivity index (χ3n) is 3.43. The molecule has 0 aliphatic carbocycles. The maximum Gasteiger partial charge on any atom is 0.0746 e. The fourth-order valence-electron chi connectivity index (χ4n) is 1.94. The van der Waals surface area contributed by atoms with Gasteiger partial charge in [0, 0.05) is 26.3 Å². The van der Waals surface area contributed by atoms with Gasteiger partial charge in [-0.1, -0.05) is 13.8 Å². The first-order valence-electron chi connectivity index (χ1n) is 6.35. The molecular formula is C13H27NO2. The molecule has 0 aromatic carbocycles. The van der Waals surface area contributed by atoms with E-state index in [9.17, 15) is 0 Å². The van der Waals surface area contributed by atoms with E-state index in [4.69, 9.17) is 9.47 Å². The van der Waals surface area contributed by atoms with E-state index in [1.165, 1.54) is 0 Å². The van der Waals surface area contributed by atoms with Crippen LogP contribution in [0, 0.1) is 5.92 Å². The van der Waals surface area contributed by atoms with Gasteiger partial charge in [0.1, 0.15) is 0 Å². The second kappa shape index (κ2) is 5.99. The lowest BCUT2D eigenvalue weighted by Gasteiger charge is -2.34. The highest BCUT2D eigenvalue weighted by molar-refractivity contribution is 4.81. The molecule has 1 N–H and O–H groups in total. The van der Waals surface area contributed by atoms with Gasteiger partial charge < -0.3 is 14.8 Å². The van der Waals surface area contributed by atoms with Crippen LogP contribution in [-0.2, 0) is 9.47 Å². The zero-order valence-electron chi connectivity index (χ0n) is 11.4. The van der Waals surface area contributed by atoms with Gasteiger partial charge in [-0.25, -0.2) is 0 Å². The van der Waals surface area contributed by atoms with Crippen LogP contribution in [0.15, 0.2) is 0 Å². The van der Waals surface area contributed by atoms with Crippen LogP contribution >= 0.6 is 0 Å². The highest BCUT2D eigenvalue weighted by Gasteiger charge is 2.26. The van der Waals surface area contributed by atoms with Gasteiger partial charge >= 0.3 is 0 Å². The van der Waals surface area contributed by atoms with Crippen molar-refractivity contribution < 1.29 is 9.47 Å². The fourth-order valence-corrected chi connectivity index (χ4v) is 1.94. The van der Waals surface area contributed by atoms with Crippen LogP contribution < -0.4 is 5.32 Å². The molecule has 3 nitrogen and oxygen atoms in total. The van der Waals surface area contributed by atoms with E-state index in [0.29, 0.717) is 18.1 Å². The molecule has 1 saturated heterocycles. The van der Waals surface area contributed by atoms with Crippen LogP contribution in [0.2, 0.25) is 0 Å². The minimum Gasteiger partial charge on any atom is -0.378 e. The smallest absolute Gasteiger partial charge is 0.0746 e. The predicted molar refractivity (Wildman–Crippen MR) is 66.7 cm³/mol. The molecule has 1 aliphatic rings. The molecule has 1 aliphatic heterocycles. The third-order valence-corrected chi connectivity index (χ3v) is 3.43. The first-order valence-corrected chi connectivity index (χ1v) is 6.35. The Balaban J connectivity index is 2.32. The summed E-state index contributed by atoms with van der Waals surface area (Å²) < 4.78 is 11.2. The van der Waals surface area contributed by atoms with Crippen molar-refractivity contribution in [2.75, 3.05) is 20.3 Å². The zero-order valence-corrected chi connectivity index (χ0v) is 11.4. The molecule has 3 heteroatoms. The van der Waals surface area contributed by atoms with Crippen molar-refractivity contribution >= 4 is 0 Å². The van der Waals surface area contributed by atoms with E-state index in [-0.39, 0.29) is 5.60 Å². The van der Waals surface area contributed by atoms with Gasteiger partial charge in [0.05, 0.1) is 11.7 Å². The molecule has 0 bridgehead atoms. The Morgan fingerprint density at radius 2 is 2.12 bits per heavy atom. The lowest BCUT2D eigenvalue weighted by molar-refractivity contribution is -0.0313. The SMILES string of the molecule is COC(C)(C)CNC1CCOC(C(C)C)C1. The predicted octanol–water partition coefficient (Wildman–Crippen LogP) is 2.20. The molecule has 0 amide bonds. The maximum atomic E-state index is 5.76. The van der Waals surface area contributed by atoms with Crippen molar-refractivity contribution in [3.63, 3.8) is 0 Å². The lowest BCUT2D eigenvalue weighted by atomic mass is 9.95. The van der Waals surface area contributed by atoms with Crippen molar-refractivity contribution in [3.05, 3.63) is 0 Å². The summed E-state index contributed by atoms with van der Waals surface area (Å²) >= 11 is 0. The van der Waals surface area contributed by atoms with Crippen LogP contribution in [0.5, 0.6) is 0 Å². The minimum atomic E-state index is -0.0777. The fraction of sp³-hybridized carbons (Fsp3) is 1.00. The molecule has 1 fully saturated rings. The van der Waals surface area contributed by atoms with Gasteiger partial charge in [0.2, 0.25) is 0 Å². The number of rotatable bonds is 5. The van der Waals surface area contributed by atoms with Crippen molar-refractivity contribution in [3.8, 4) is 0 Å². The molecule has 0 radical (unpaired) electrons. The van der Waals surface area contributed by atoms with Crippen LogP contribution in [0.25, 0.3) is 0 Å². The van der Waals surface area contributed by atoms with Gasteiger partial charge in [0.25, 0.3) is 0 Å². The largest absolute Gasteiger partial charge is 0.378 e. The molecule has 0 spiro atoms. The number of nitrogens with one attached hydrogen (secondary N) is 1. The molecule has 2 unspecified atom stereocenters. The Morgan fingerprint density at radius 3 is 2.69 bits per heavy atom. The molecule has 0 aromatic rings. The van der Waals surface area contributed by atoms with Crippen LogP contribution in [0.1, 0.15) is 40.5 Å². The number of hydrogen-bond acceptors (Lipinski definition) is 3. The van der Waals surface area contributed by atoms with Crippen molar-refractivity contribution in [2.24, 2.45) is 5.92 Å². The maximum absolute atomic E-state index is 5.76. The Kier molecular flexibility index (Phi) is 5.22. The first-order chi connectivity index (χ1) is 7.44. The van der Waals surface area contributed by atoms with Crippen molar-refractivity contribution in [2.45, 2.75) is 58.3 Å². The van der Waals surface area contributed by atoms with E-state index in [2.05, 4.69) is 33.0 Å². The first kappa shape index (κ1) is 13.9. The van der Waals surface area contributed by atoms with Crippen LogP contribution in [0.3, 0.4) is 0 Å². The Bertz CT molecular complexity index is 204. The molecule has 96 valence electrons. The molecule has 0 saturated carbocycles. The zero-order chi connectivity index (χ0) is 12.2. The second-order valence-electron chi connectivity index (χ2n) is 5.72. The highest BCUT2D eigenvalue weighted by Crippen LogP contribution is 2.20. The van der Waals surface area contributed by atoms with Gasteiger partial charge in [-0.15, -0.1) is 0 Å². The molecule has 1 heterocycles. The molecule has 2 atom stereocenters. The van der Waals surface area contributed by atoms with E-state index < -0.39 is 0 Å². The Hall–Kier alpha value is -0.120.